The minimum absolute atomic E-state index is 0.279. The van der Waals surface area contributed by atoms with Crippen molar-refractivity contribution in [3.63, 3.8) is 0 Å². The van der Waals surface area contributed by atoms with E-state index in [4.69, 9.17) is 5.73 Å². The van der Waals surface area contributed by atoms with Crippen molar-refractivity contribution in [3.8, 4) is 0 Å². The second-order valence-corrected chi connectivity index (χ2v) is 3.27. The van der Waals surface area contributed by atoms with E-state index in [1.165, 1.54) is 0 Å². The molecule has 4 heteroatoms. The van der Waals surface area contributed by atoms with Crippen molar-refractivity contribution in [3.05, 3.63) is 12.7 Å². The SMILES string of the molecule is C=CCC(N)(O)[C@H]1NCCC1O. The number of aliphatic hydroxyl groups is 2. The summed E-state index contributed by atoms with van der Waals surface area (Å²) in [5, 5.41) is 22.0. The number of aliphatic hydroxyl groups excluding tert-OH is 1. The zero-order valence-electron chi connectivity index (χ0n) is 7.03. The van der Waals surface area contributed by atoms with Crippen LogP contribution < -0.4 is 11.1 Å². The molecule has 0 spiro atoms. The fourth-order valence-corrected chi connectivity index (χ4v) is 1.56. The lowest BCUT2D eigenvalue weighted by atomic mass is 9.97. The van der Waals surface area contributed by atoms with Crippen LogP contribution in [0, 0.1) is 0 Å². The minimum Gasteiger partial charge on any atom is -0.391 e. The van der Waals surface area contributed by atoms with Gasteiger partial charge in [-0.15, -0.1) is 6.58 Å². The lowest BCUT2D eigenvalue weighted by Crippen LogP contribution is -2.58. The third-order valence-corrected chi connectivity index (χ3v) is 2.20. The van der Waals surface area contributed by atoms with Crippen molar-refractivity contribution >= 4 is 0 Å². The van der Waals surface area contributed by atoms with Crippen LogP contribution in [0.3, 0.4) is 0 Å². The van der Waals surface area contributed by atoms with E-state index in [1.54, 1.807) is 6.08 Å². The van der Waals surface area contributed by atoms with Crippen LogP contribution in [0.4, 0.5) is 0 Å². The van der Waals surface area contributed by atoms with Gasteiger partial charge in [0.1, 0.15) is 5.72 Å². The predicted octanol–water partition coefficient (Wildman–Crippen LogP) is -1.07. The highest BCUT2D eigenvalue weighted by Gasteiger charge is 2.39. The lowest BCUT2D eigenvalue weighted by molar-refractivity contribution is -0.0230. The second kappa shape index (κ2) is 3.53. The van der Waals surface area contributed by atoms with Crippen LogP contribution in [-0.4, -0.2) is 34.6 Å². The largest absolute Gasteiger partial charge is 0.391 e. The highest BCUT2D eigenvalue weighted by molar-refractivity contribution is 4.98. The molecule has 3 atom stereocenters. The Balaban J connectivity index is 2.59. The molecule has 2 unspecified atom stereocenters. The molecule has 0 aromatic rings. The van der Waals surface area contributed by atoms with E-state index in [2.05, 4.69) is 11.9 Å². The normalized spacial score (nSPS) is 34.6. The van der Waals surface area contributed by atoms with Gasteiger partial charge in [-0.1, -0.05) is 6.08 Å². The van der Waals surface area contributed by atoms with Crippen molar-refractivity contribution in [2.24, 2.45) is 5.73 Å². The average molecular weight is 172 g/mol. The summed E-state index contributed by atoms with van der Waals surface area (Å²) in [6.07, 6.45) is 1.91. The number of rotatable bonds is 3. The topological polar surface area (TPSA) is 78.5 Å². The maximum absolute atomic E-state index is 9.67. The first-order chi connectivity index (χ1) is 5.58. The molecule has 0 bridgehead atoms. The summed E-state index contributed by atoms with van der Waals surface area (Å²) in [6.45, 7) is 4.19. The highest BCUT2D eigenvalue weighted by Crippen LogP contribution is 2.18. The molecular weight excluding hydrogens is 156 g/mol. The Labute approximate surface area is 72.1 Å². The maximum Gasteiger partial charge on any atom is 0.134 e. The van der Waals surface area contributed by atoms with E-state index < -0.39 is 17.9 Å². The molecule has 0 saturated carbocycles. The molecule has 1 fully saturated rings. The van der Waals surface area contributed by atoms with E-state index in [1.807, 2.05) is 0 Å². The van der Waals surface area contributed by atoms with E-state index in [0.717, 1.165) is 0 Å². The summed E-state index contributed by atoms with van der Waals surface area (Å²) in [4.78, 5) is 0. The van der Waals surface area contributed by atoms with Gasteiger partial charge in [0.2, 0.25) is 0 Å². The van der Waals surface area contributed by atoms with Gasteiger partial charge in [-0.05, 0) is 13.0 Å². The number of hydrogen-bond acceptors (Lipinski definition) is 4. The third-order valence-electron chi connectivity index (χ3n) is 2.20. The van der Waals surface area contributed by atoms with Gasteiger partial charge in [-0.25, -0.2) is 0 Å². The first-order valence-electron chi connectivity index (χ1n) is 4.11. The van der Waals surface area contributed by atoms with E-state index in [-0.39, 0.29) is 6.42 Å². The molecule has 70 valence electrons. The summed E-state index contributed by atoms with van der Waals surface area (Å²) in [7, 11) is 0. The molecule has 1 aliphatic rings. The van der Waals surface area contributed by atoms with Gasteiger partial charge in [0.15, 0.2) is 0 Å². The van der Waals surface area contributed by atoms with E-state index in [0.29, 0.717) is 13.0 Å². The molecule has 0 radical (unpaired) electrons. The number of hydrogen-bond donors (Lipinski definition) is 4. The van der Waals surface area contributed by atoms with Crippen LogP contribution in [0.1, 0.15) is 12.8 Å². The quantitative estimate of drug-likeness (QED) is 0.323. The average Bonchev–Trinajstić information content (AvgIpc) is 2.35. The summed E-state index contributed by atoms with van der Waals surface area (Å²) in [6, 6.07) is -0.435. The number of nitrogens with one attached hydrogen (secondary N) is 1. The van der Waals surface area contributed by atoms with Gasteiger partial charge in [0, 0.05) is 6.42 Å². The summed E-state index contributed by atoms with van der Waals surface area (Å²) < 4.78 is 0. The van der Waals surface area contributed by atoms with Gasteiger partial charge in [0.05, 0.1) is 12.1 Å². The van der Waals surface area contributed by atoms with E-state index in [9.17, 15) is 10.2 Å². The molecule has 0 aliphatic carbocycles. The molecule has 4 nitrogen and oxygen atoms in total. The second-order valence-electron chi connectivity index (χ2n) is 3.27. The predicted molar refractivity (Wildman–Crippen MR) is 46.4 cm³/mol. The molecule has 12 heavy (non-hydrogen) atoms. The molecule has 1 aliphatic heterocycles. The Morgan fingerprint density at radius 2 is 2.42 bits per heavy atom. The Hall–Kier alpha value is -0.420. The van der Waals surface area contributed by atoms with Crippen molar-refractivity contribution in [2.45, 2.75) is 30.7 Å². The van der Waals surface area contributed by atoms with Gasteiger partial charge in [-0.3, -0.25) is 0 Å². The first-order valence-corrected chi connectivity index (χ1v) is 4.11. The first kappa shape index (κ1) is 9.67. The molecule has 0 amide bonds. The van der Waals surface area contributed by atoms with Gasteiger partial charge in [-0.2, -0.15) is 0 Å². The van der Waals surface area contributed by atoms with Crippen LogP contribution in [0.2, 0.25) is 0 Å². The maximum atomic E-state index is 9.67. The van der Waals surface area contributed by atoms with Crippen LogP contribution >= 0.6 is 0 Å². The van der Waals surface area contributed by atoms with Gasteiger partial charge in [0.25, 0.3) is 0 Å². The van der Waals surface area contributed by atoms with Crippen LogP contribution in [0.5, 0.6) is 0 Å². The molecular formula is C8H16N2O2. The molecule has 5 N–H and O–H groups in total. The van der Waals surface area contributed by atoms with Crippen molar-refractivity contribution in [2.75, 3.05) is 6.54 Å². The van der Waals surface area contributed by atoms with Crippen molar-refractivity contribution < 1.29 is 10.2 Å². The van der Waals surface area contributed by atoms with Crippen LogP contribution in [0.25, 0.3) is 0 Å². The molecule has 1 heterocycles. The Morgan fingerprint density at radius 1 is 1.75 bits per heavy atom. The molecule has 1 rings (SSSR count). The third kappa shape index (κ3) is 1.84. The Morgan fingerprint density at radius 3 is 2.83 bits per heavy atom. The zero-order valence-corrected chi connectivity index (χ0v) is 7.03. The smallest absolute Gasteiger partial charge is 0.134 e. The monoisotopic (exact) mass is 172 g/mol. The summed E-state index contributed by atoms with van der Waals surface area (Å²) in [5.74, 6) is 0. The Kier molecular flexibility index (Phi) is 2.85. The summed E-state index contributed by atoms with van der Waals surface area (Å²) >= 11 is 0. The zero-order chi connectivity index (χ0) is 9.19. The van der Waals surface area contributed by atoms with E-state index >= 15 is 0 Å². The van der Waals surface area contributed by atoms with Gasteiger partial charge < -0.3 is 21.3 Å². The Bertz CT molecular complexity index is 170. The molecule has 0 aromatic heterocycles. The minimum atomic E-state index is -1.38. The number of nitrogens with two attached hydrogens (primary N) is 1. The van der Waals surface area contributed by atoms with Crippen LogP contribution in [-0.2, 0) is 0 Å². The lowest BCUT2D eigenvalue weighted by Gasteiger charge is -2.30. The summed E-state index contributed by atoms with van der Waals surface area (Å²) in [5.41, 5.74) is 4.21. The standard InChI is InChI=1S/C8H16N2O2/c1-2-4-8(9,12)7-6(11)3-5-10-7/h2,6-7,10-12H,1,3-5,9H2/t6?,7-,8?/m0/s1. The fraction of sp³-hybridized carbons (Fsp3) is 0.750. The fourth-order valence-electron chi connectivity index (χ4n) is 1.56. The molecule has 1 saturated heterocycles. The van der Waals surface area contributed by atoms with Crippen molar-refractivity contribution in [1.82, 2.24) is 5.32 Å². The van der Waals surface area contributed by atoms with Crippen molar-refractivity contribution in [1.29, 1.82) is 0 Å². The van der Waals surface area contributed by atoms with Gasteiger partial charge >= 0.3 is 0 Å². The molecule has 0 aromatic carbocycles. The highest BCUT2D eigenvalue weighted by atomic mass is 16.3. The van der Waals surface area contributed by atoms with Crippen LogP contribution in [0.15, 0.2) is 12.7 Å².